The second-order valence-corrected chi connectivity index (χ2v) is 10.8. The summed E-state index contributed by atoms with van der Waals surface area (Å²) in [5, 5.41) is 23.0. The topological polar surface area (TPSA) is 171 Å². The number of nitrogens with one attached hydrogen (secondary N) is 1. The Morgan fingerprint density at radius 2 is 1.86 bits per heavy atom. The fourth-order valence-electron chi connectivity index (χ4n) is 3.31. The number of hydrogen-bond acceptors (Lipinski definition) is 8. The second kappa shape index (κ2) is 12.7. The predicted molar refractivity (Wildman–Crippen MR) is 141 cm³/mol. The molecule has 0 saturated heterocycles. The average molecular weight is 537 g/mol. The number of aliphatic hydroxyl groups is 2. The maximum absolute atomic E-state index is 13.6. The number of anilines is 1. The molecule has 0 bridgehead atoms. The Kier molecular flexibility index (Phi) is 10.2. The van der Waals surface area contributed by atoms with E-state index in [4.69, 9.17) is 5.73 Å². The van der Waals surface area contributed by atoms with E-state index in [-0.39, 0.29) is 30.7 Å². The minimum atomic E-state index is -3.66. The molecule has 13 heteroatoms. The van der Waals surface area contributed by atoms with Crippen LogP contribution in [0, 0.1) is 5.82 Å². The lowest BCUT2D eigenvalue weighted by molar-refractivity contribution is -0.121. The first kappa shape index (κ1) is 29.8. The van der Waals surface area contributed by atoms with E-state index in [1.165, 1.54) is 44.4 Å². The predicted octanol–water partition coefficient (Wildman–Crippen LogP) is 1.38. The molecule has 11 nitrogen and oxygen atoms in total. The van der Waals surface area contributed by atoms with Crippen LogP contribution < -0.4 is 15.4 Å². The molecule has 0 aliphatic rings. The number of hydrogen-bond donors (Lipinski definition) is 4. The van der Waals surface area contributed by atoms with Gasteiger partial charge in [0, 0.05) is 31.6 Å². The van der Waals surface area contributed by atoms with Gasteiger partial charge in [-0.25, -0.2) is 27.1 Å². The van der Waals surface area contributed by atoms with Crippen LogP contribution in [0.15, 0.2) is 35.3 Å². The Morgan fingerprint density at radius 1 is 1.24 bits per heavy atom. The number of aliphatic imine (C=N–C) groups is 1. The number of amides is 1. The quantitative estimate of drug-likeness (QED) is 0.260. The van der Waals surface area contributed by atoms with Crippen LogP contribution in [0.1, 0.15) is 43.9 Å². The molecule has 0 radical (unpaired) electrons. The lowest BCUT2D eigenvalue weighted by Gasteiger charge is -2.20. The van der Waals surface area contributed by atoms with Gasteiger partial charge in [0.2, 0.25) is 21.9 Å². The van der Waals surface area contributed by atoms with Crippen molar-refractivity contribution in [3.63, 3.8) is 0 Å². The Hall–Kier alpha value is -3.42. The van der Waals surface area contributed by atoms with Crippen molar-refractivity contribution in [2.24, 2.45) is 10.7 Å². The number of nitrogens with two attached hydrogens (primary N) is 1. The highest BCUT2D eigenvalue weighted by Crippen LogP contribution is 2.31. The number of nitrogens with zero attached hydrogens (tertiary/aromatic N) is 4. The van der Waals surface area contributed by atoms with E-state index in [0.29, 0.717) is 22.5 Å². The molecule has 0 saturated carbocycles. The number of aromatic nitrogens is 2. The van der Waals surface area contributed by atoms with Gasteiger partial charge in [-0.1, -0.05) is 26.0 Å². The number of carbonyl (C=O) groups is 1. The third-order valence-electron chi connectivity index (χ3n) is 5.34. The molecule has 1 amide bonds. The van der Waals surface area contributed by atoms with Gasteiger partial charge in [-0.2, -0.15) is 0 Å². The summed E-state index contributed by atoms with van der Waals surface area (Å²) in [6.45, 7) is 3.73. The molecular formula is C24H33FN6O5S. The summed E-state index contributed by atoms with van der Waals surface area (Å²) in [5.41, 5.74) is 7.26. The van der Waals surface area contributed by atoms with Crippen LogP contribution in [-0.4, -0.2) is 73.0 Å². The van der Waals surface area contributed by atoms with Gasteiger partial charge in [0.05, 0.1) is 36.3 Å². The van der Waals surface area contributed by atoms with Gasteiger partial charge in [-0.3, -0.25) is 15.1 Å². The number of halogens is 1. The molecule has 37 heavy (non-hydrogen) atoms. The van der Waals surface area contributed by atoms with Gasteiger partial charge >= 0.3 is 0 Å². The van der Waals surface area contributed by atoms with Gasteiger partial charge in [0.25, 0.3) is 0 Å². The normalized spacial score (nSPS) is 14.1. The molecule has 2 atom stereocenters. The van der Waals surface area contributed by atoms with E-state index < -0.39 is 34.0 Å². The summed E-state index contributed by atoms with van der Waals surface area (Å²) in [6.07, 6.45) is 1.27. The Morgan fingerprint density at radius 3 is 2.41 bits per heavy atom. The maximum atomic E-state index is 13.6. The molecule has 5 N–H and O–H groups in total. The van der Waals surface area contributed by atoms with E-state index in [1.807, 2.05) is 13.8 Å². The Bertz CT molecular complexity index is 1270. The zero-order valence-electron chi connectivity index (χ0n) is 21.4. The zero-order valence-corrected chi connectivity index (χ0v) is 22.2. The second-order valence-electron chi connectivity index (χ2n) is 8.74. The smallest absolute Gasteiger partial charge is 0.239 e. The molecule has 0 aliphatic carbocycles. The zero-order chi connectivity index (χ0) is 27.9. The molecule has 0 spiro atoms. The van der Waals surface area contributed by atoms with Crippen LogP contribution in [0.4, 0.5) is 10.3 Å². The molecule has 0 unspecified atom stereocenters. The van der Waals surface area contributed by atoms with Crippen molar-refractivity contribution in [3.8, 4) is 11.3 Å². The Balaban J connectivity index is 2.45. The molecule has 1 aromatic heterocycles. The van der Waals surface area contributed by atoms with E-state index in [2.05, 4.69) is 20.3 Å². The number of benzene rings is 1. The third-order valence-corrected chi connectivity index (χ3v) is 6.49. The van der Waals surface area contributed by atoms with Crippen molar-refractivity contribution < 1.29 is 27.8 Å². The van der Waals surface area contributed by atoms with Gasteiger partial charge in [0.15, 0.2) is 5.96 Å². The fraction of sp³-hybridized carbons (Fsp3) is 0.417. The summed E-state index contributed by atoms with van der Waals surface area (Å²) in [5.74, 6) is -1.32. The van der Waals surface area contributed by atoms with Crippen LogP contribution in [-0.2, 0) is 14.8 Å². The maximum Gasteiger partial charge on any atom is 0.239 e. The van der Waals surface area contributed by atoms with E-state index >= 15 is 0 Å². The molecule has 1 heterocycles. The summed E-state index contributed by atoms with van der Waals surface area (Å²) < 4.78 is 38.8. The van der Waals surface area contributed by atoms with Crippen molar-refractivity contribution in [1.82, 2.24) is 15.3 Å². The summed E-state index contributed by atoms with van der Waals surface area (Å²) in [4.78, 5) is 24.4. The lowest BCUT2D eigenvalue weighted by Crippen LogP contribution is -2.38. The SMILES string of the molecule is C/N=C(\N)NC(=O)C[C@H](O)C[C@@H](O)/C=C/c1c(-c2ccc(F)cc2)nc(N(C)S(C)(=O)=O)nc1C(C)C. The molecule has 1 aromatic carbocycles. The molecule has 2 aromatic rings. The standard InChI is InChI=1S/C24H33FN6O5S/c1-14(2)21-19(11-10-17(32)12-18(33)13-20(34)28-23(26)27-3)22(15-6-8-16(25)9-7-15)30-24(29-21)31(4)37(5,35)36/h6-11,14,17-18,32-33H,12-13H2,1-5H3,(H3,26,27,28,34)/b11-10+/t17-,18+/m0/s1. The van der Waals surface area contributed by atoms with Crippen LogP contribution in [0.25, 0.3) is 17.3 Å². The van der Waals surface area contributed by atoms with Crippen LogP contribution in [0.2, 0.25) is 0 Å². The molecule has 2 rings (SSSR count). The first-order valence-corrected chi connectivity index (χ1v) is 13.3. The monoisotopic (exact) mass is 536 g/mol. The average Bonchev–Trinajstić information content (AvgIpc) is 2.81. The number of rotatable bonds is 10. The summed E-state index contributed by atoms with van der Waals surface area (Å²) >= 11 is 0. The molecule has 0 fully saturated rings. The highest BCUT2D eigenvalue weighted by molar-refractivity contribution is 7.92. The first-order valence-electron chi connectivity index (χ1n) is 11.4. The van der Waals surface area contributed by atoms with Crippen LogP contribution >= 0.6 is 0 Å². The summed E-state index contributed by atoms with van der Waals surface area (Å²) in [6, 6.07) is 5.53. The lowest BCUT2D eigenvalue weighted by atomic mass is 9.97. The van der Waals surface area contributed by atoms with E-state index in [1.54, 1.807) is 6.08 Å². The number of guanidine groups is 1. The van der Waals surface area contributed by atoms with Gasteiger partial charge < -0.3 is 15.9 Å². The highest BCUT2D eigenvalue weighted by atomic mass is 32.2. The van der Waals surface area contributed by atoms with Crippen molar-refractivity contribution in [1.29, 1.82) is 0 Å². The van der Waals surface area contributed by atoms with Crippen molar-refractivity contribution in [3.05, 3.63) is 47.4 Å². The number of carbonyl (C=O) groups excluding carboxylic acids is 1. The van der Waals surface area contributed by atoms with Crippen molar-refractivity contribution >= 4 is 33.9 Å². The van der Waals surface area contributed by atoms with Gasteiger partial charge in [-0.15, -0.1) is 0 Å². The van der Waals surface area contributed by atoms with Gasteiger partial charge in [0.1, 0.15) is 5.82 Å². The fourth-order valence-corrected chi connectivity index (χ4v) is 3.69. The van der Waals surface area contributed by atoms with E-state index in [9.17, 15) is 27.8 Å². The summed E-state index contributed by atoms with van der Waals surface area (Å²) in [7, 11) is -0.923. The first-order chi connectivity index (χ1) is 17.2. The van der Waals surface area contributed by atoms with Crippen molar-refractivity contribution in [2.45, 2.75) is 44.8 Å². The van der Waals surface area contributed by atoms with Crippen LogP contribution in [0.3, 0.4) is 0 Å². The molecule has 0 aliphatic heterocycles. The molecule has 202 valence electrons. The van der Waals surface area contributed by atoms with Crippen molar-refractivity contribution in [2.75, 3.05) is 24.7 Å². The largest absolute Gasteiger partial charge is 0.392 e. The highest BCUT2D eigenvalue weighted by Gasteiger charge is 2.22. The number of aliphatic hydroxyl groups excluding tert-OH is 2. The van der Waals surface area contributed by atoms with Gasteiger partial charge in [-0.05, 0) is 30.2 Å². The number of sulfonamides is 1. The molecular weight excluding hydrogens is 503 g/mol. The Labute approximate surface area is 216 Å². The van der Waals surface area contributed by atoms with Crippen LogP contribution in [0.5, 0.6) is 0 Å². The van der Waals surface area contributed by atoms with E-state index in [0.717, 1.165) is 10.6 Å². The minimum Gasteiger partial charge on any atom is -0.392 e. The minimum absolute atomic E-state index is 0.0560. The third kappa shape index (κ3) is 8.58.